The largest absolute Gasteiger partial charge is 0.481 e. The minimum atomic E-state index is -0.857. The van der Waals surface area contributed by atoms with Crippen molar-refractivity contribution in [3.8, 4) is 0 Å². The molecule has 1 rings (SSSR count). The Morgan fingerprint density at radius 3 is 1.48 bits per heavy atom. The third-order valence-corrected chi connectivity index (χ3v) is 5.06. The second kappa shape index (κ2) is 18.7. The van der Waals surface area contributed by atoms with Crippen molar-refractivity contribution < 1.29 is 34.4 Å². The number of aliphatic carboxylic acids is 2. The lowest BCUT2D eigenvalue weighted by atomic mass is 9.94. The maximum Gasteiger partial charge on any atom is 0.308 e. The predicted molar refractivity (Wildman–Crippen MR) is 128 cm³/mol. The number of nitrogens with two attached hydrogens (primary N) is 2. The van der Waals surface area contributed by atoms with Gasteiger partial charge in [0.25, 0.3) is 0 Å². The van der Waals surface area contributed by atoms with Crippen molar-refractivity contribution in [1.29, 1.82) is 0 Å². The van der Waals surface area contributed by atoms with Crippen LogP contribution in [0.25, 0.3) is 0 Å². The molecule has 4 atom stereocenters. The molecule has 0 aliphatic carbocycles. The molecular formula is C24H48N2O7. The summed E-state index contributed by atoms with van der Waals surface area (Å²) >= 11 is 0. The fraction of sp³-hybridized carbons (Fsp3) is 0.875. The van der Waals surface area contributed by atoms with Crippen LogP contribution in [0.15, 0.2) is 0 Å². The molecule has 1 aliphatic heterocycles. The second-order valence-electron chi connectivity index (χ2n) is 10.1. The molecule has 7 N–H and O–H groups in total. The first-order chi connectivity index (χ1) is 15.2. The number of carboxylic acid groups (broad SMARTS) is 2. The van der Waals surface area contributed by atoms with Gasteiger partial charge in [0.05, 0.1) is 6.42 Å². The van der Waals surface area contributed by atoms with E-state index < -0.39 is 18.2 Å². The molecule has 0 saturated carbocycles. The normalized spacial score (nSPS) is 19.3. The summed E-state index contributed by atoms with van der Waals surface area (Å²) in [6.07, 6.45) is 2.59. The van der Waals surface area contributed by atoms with Crippen molar-refractivity contribution in [2.24, 2.45) is 47.0 Å². The van der Waals surface area contributed by atoms with E-state index in [1.807, 2.05) is 0 Å². The van der Waals surface area contributed by atoms with Gasteiger partial charge in [-0.2, -0.15) is 0 Å². The van der Waals surface area contributed by atoms with Gasteiger partial charge in [0.2, 0.25) is 6.29 Å². The summed E-state index contributed by atoms with van der Waals surface area (Å²) in [7, 11) is 0. The lowest BCUT2D eigenvalue weighted by Gasteiger charge is -2.13. The van der Waals surface area contributed by atoms with E-state index in [1.165, 1.54) is 0 Å². The van der Waals surface area contributed by atoms with Crippen LogP contribution in [0.2, 0.25) is 0 Å². The highest BCUT2D eigenvalue weighted by Crippen LogP contribution is 2.26. The Kier molecular flexibility index (Phi) is 18.9. The van der Waals surface area contributed by atoms with Gasteiger partial charge in [-0.1, -0.05) is 41.5 Å². The third-order valence-electron chi connectivity index (χ3n) is 5.06. The van der Waals surface area contributed by atoms with E-state index in [0.717, 1.165) is 19.3 Å². The average molecular weight is 477 g/mol. The van der Waals surface area contributed by atoms with Crippen LogP contribution < -0.4 is 11.5 Å². The van der Waals surface area contributed by atoms with Gasteiger partial charge in [0.1, 0.15) is 0 Å². The van der Waals surface area contributed by atoms with Crippen LogP contribution in [0.3, 0.4) is 0 Å². The average Bonchev–Trinajstić information content (AvgIpc) is 2.96. The van der Waals surface area contributed by atoms with Crippen molar-refractivity contribution in [2.75, 3.05) is 13.1 Å². The van der Waals surface area contributed by atoms with Crippen LogP contribution in [0.4, 0.5) is 0 Å². The minimum absolute atomic E-state index is 0.0162. The topological polar surface area (TPSA) is 173 Å². The zero-order valence-corrected chi connectivity index (χ0v) is 21.3. The van der Waals surface area contributed by atoms with Crippen LogP contribution in [0.5, 0.6) is 0 Å². The van der Waals surface area contributed by atoms with Crippen LogP contribution in [0, 0.1) is 35.5 Å². The fourth-order valence-corrected chi connectivity index (χ4v) is 3.75. The molecule has 1 saturated heterocycles. The summed E-state index contributed by atoms with van der Waals surface area (Å²) in [5, 5.41) is 26.1. The van der Waals surface area contributed by atoms with E-state index >= 15 is 0 Å². The molecule has 1 heterocycles. The number of carboxylic acids is 2. The highest BCUT2D eigenvalue weighted by Gasteiger charge is 2.33. The van der Waals surface area contributed by atoms with Crippen LogP contribution in [0.1, 0.15) is 80.1 Å². The molecule has 0 radical (unpaired) electrons. The van der Waals surface area contributed by atoms with Gasteiger partial charge in [-0.25, -0.2) is 0 Å². The van der Waals surface area contributed by atoms with E-state index in [1.54, 1.807) is 0 Å². The van der Waals surface area contributed by atoms with E-state index in [2.05, 4.69) is 46.3 Å². The zero-order chi connectivity index (χ0) is 26.1. The van der Waals surface area contributed by atoms with Crippen molar-refractivity contribution in [1.82, 2.24) is 0 Å². The summed E-state index contributed by atoms with van der Waals surface area (Å²) in [5.41, 5.74) is 10.8. The SMILES string of the molecule is CC(C)CC(CN)CC(=O)O.CC(C)CC1CC(=O)OC1O.CC(C)C[C@H](CN)CC(=O)O. The molecule has 0 bridgehead atoms. The fourth-order valence-electron chi connectivity index (χ4n) is 3.75. The third kappa shape index (κ3) is 20.6. The zero-order valence-electron chi connectivity index (χ0n) is 21.3. The molecule has 3 unspecified atom stereocenters. The molecule has 1 fully saturated rings. The van der Waals surface area contributed by atoms with Crippen molar-refractivity contribution >= 4 is 17.9 Å². The molecule has 0 spiro atoms. The summed E-state index contributed by atoms with van der Waals surface area (Å²) in [6, 6.07) is 0. The Labute approximate surface area is 199 Å². The highest BCUT2D eigenvalue weighted by atomic mass is 16.6. The van der Waals surface area contributed by atoms with Gasteiger partial charge in [-0.05, 0) is 61.9 Å². The number of hydrogen-bond donors (Lipinski definition) is 5. The molecule has 196 valence electrons. The monoisotopic (exact) mass is 476 g/mol. The first kappa shape index (κ1) is 33.5. The summed E-state index contributed by atoms with van der Waals surface area (Å²) in [6.45, 7) is 13.4. The van der Waals surface area contributed by atoms with Gasteiger partial charge < -0.3 is 31.5 Å². The van der Waals surface area contributed by atoms with Crippen molar-refractivity contribution in [2.45, 2.75) is 86.4 Å². The maximum absolute atomic E-state index is 10.7. The molecule has 0 aromatic rings. The smallest absolute Gasteiger partial charge is 0.308 e. The van der Waals surface area contributed by atoms with Crippen LogP contribution in [-0.4, -0.2) is 52.6 Å². The molecule has 0 amide bonds. The maximum atomic E-state index is 10.7. The van der Waals surface area contributed by atoms with E-state index in [0.29, 0.717) is 37.3 Å². The summed E-state index contributed by atoms with van der Waals surface area (Å²) < 4.78 is 4.59. The molecule has 9 nitrogen and oxygen atoms in total. The first-order valence-electron chi connectivity index (χ1n) is 11.9. The van der Waals surface area contributed by atoms with Gasteiger partial charge in [-0.15, -0.1) is 0 Å². The van der Waals surface area contributed by atoms with E-state index in [9.17, 15) is 14.4 Å². The van der Waals surface area contributed by atoms with Gasteiger partial charge >= 0.3 is 17.9 Å². The number of carbonyl (C=O) groups excluding carboxylic acids is 1. The van der Waals surface area contributed by atoms with Gasteiger partial charge in [-0.3, -0.25) is 14.4 Å². The molecule has 1 aliphatic rings. The number of aliphatic hydroxyl groups excluding tert-OH is 1. The molecule has 9 heteroatoms. The second-order valence-corrected chi connectivity index (χ2v) is 10.1. The van der Waals surface area contributed by atoms with Crippen molar-refractivity contribution in [3.63, 3.8) is 0 Å². The predicted octanol–water partition coefficient (Wildman–Crippen LogP) is 3.08. The Morgan fingerprint density at radius 1 is 0.879 bits per heavy atom. The van der Waals surface area contributed by atoms with Gasteiger partial charge in [0.15, 0.2) is 0 Å². The first-order valence-corrected chi connectivity index (χ1v) is 11.9. The number of rotatable bonds is 12. The summed E-state index contributed by atoms with van der Waals surface area (Å²) in [5.74, 6) is 0.0998. The molecule has 0 aromatic carbocycles. The van der Waals surface area contributed by atoms with Crippen molar-refractivity contribution in [3.05, 3.63) is 0 Å². The quantitative estimate of drug-likeness (QED) is 0.265. The standard InChI is InChI=1S/2C8H17NO2.C8H14O3/c2*1-6(2)3-7(5-9)4-8(10)11;1-5(2)3-6-4-7(9)11-8(6)10/h2*6-7H,3-5,9H2,1-2H3,(H,10,11);5-6,8,10H,3-4H2,1-2H3/t7-;;/m0../s1. The number of esters is 1. The lowest BCUT2D eigenvalue weighted by Crippen LogP contribution is -2.19. The minimum Gasteiger partial charge on any atom is -0.481 e. The van der Waals surface area contributed by atoms with Crippen LogP contribution in [-0.2, 0) is 19.1 Å². The molecule has 33 heavy (non-hydrogen) atoms. The Morgan fingerprint density at radius 2 is 1.27 bits per heavy atom. The molecular weight excluding hydrogens is 428 g/mol. The van der Waals surface area contributed by atoms with E-state index in [-0.39, 0.29) is 36.6 Å². The number of cyclic esters (lactones) is 1. The van der Waals surface area contributed by atoms with E-state index in [4.69, 9.17) is 26.8 Å². The van der Waals surface area contributed by atoms with Crippen LogP contribution >= 0.6 is 0 Å². The number of hydrogen-bond acceptors (Lipinski definition) is 7. The number of aliphatic hydroxyl groups is 1. The highest BCUT2D eigenvalue weighted by molar-refractivity contribution is 5.71. The Hall–Kier alpha value is -1.71. The van der Waals surface area contributed by atoms with Gasteiger partial charge in [0, 0.05) is 18.8 Å². The summed E-state index contributed by atoms with van der Waals surface area (Å²) in [4.78, 5) is 31.3. The number of carbonyl (C=O) groups is 3. The number of ether oxygens (including phenoxy) is 1. The Bertz CT molecular complexity index is 523. The molecule has 0 aromatic heterocycles. The lowest BCUT2D eigenvalue weighted by molar-refractivity contribution is -0.156. The Balaban J connectivity index is 0.